The summed E-state index contributed by atoms with van der Waals surface area (Å²) < 4.78 is 1.98. The molecule has 0 fully saturated rings. The fourth-order valence-electron chi connectivity index (χ4n) is 2.72. The van der Waals surface area contributed by atoms with Crippen molar-refractivity contribution in [3.05, 3.63) is 54.6 Å². The lowest BCUT2D eigenvalue weighted by atomic mass is 10.0. The molecule has 0 saturated carbocycles. The largest absolute Gasteiger partial charge is 0.332 e. The second-order valence-electron chi connectivity index (χ2n) is 5.42. The van der Waals surface area contributed by atoms with Crippen LogP contribution in [0.15, 0.2) is 49.1 Å². The Hall–Kier alpha value is -2.95. The quantitative estimate of drug-likeness (QED) is 0.615. The van der Waals surface area contributed by atoms with E-state index in [4.69, 9.17) is 4.98 Å². The Balaban J connectivity index is 1.93. The highest BCUT2D eigenvalue weighted by Gasteiger charge is 2.09. The summed E-state index contributed by atoms with van der Waals surface area (Å²) in [4.78, 5) is 8.99. The van der Waals surface area contributed by atoms with E-state index in [1.807, 2.05) is 23.9 Å². The van der Waals surface area contributed by atoms with Crippen molar-refractivity contribution >= 4 is 10.9 Å². The van der Waals surface area contributed by atoms with Crippen molar-refractivity contribution in [3.8, 4) is 22.6 Å². The molecule has 108 valence electrons. The normalized spacial score (nSPS) is 11.2. The summed E-state index contributed by atoms with van der Waals surface area (Å²) in [6.07, 6.45) is 5.38. The van der Waals surface area contributed by atoms with Gasteiger partial charge in [0, 0.05) is 24.2 Å². The number of aromatic nitrogens is 5. The van der Waals surface area contributed by atoms with Gasteiger partial charge in [-0.3, -0.25) is 5.10 Å². The van der Waals surface area contributed by atoms with Crippen LogP contribution in [0, 0.1) is 6.92 Å². The van der Waals surface area contributed by atoms with Crippen LogP contribution in [0.3, 0.4) is 0 Å². The van der Waals surface area contributed by atoms with Crippen LogP contribution in [0.4, 0.5) is 0 Å². The Morgan fingerprint density at radius 3 is 2.77 bits per heavy atom. The van der Waals surface area contributed by atoms with Crippen molar-refractivity contribution < 1.29 is 0 Å². The van der Waals surface area contributed by atoms with Gasteiger partial charge in [0.2, 0.25) is 0 Å². The Morgan fingerprint density at radius 2 is 2.05 bits per heavy atom. The maximum absolute atomic E-state index is 4.81. The van der Waals surface area contributed by atoms with Crippen molar-refractivity contribution in [2.24, 2.45) is 7.05 Å². The van der Waals surface area contributed by atoms with Crippen molar-refractivity contribution in [3.63, 3.8) is 0 Å². The Kier molecular flexibility index (Phi) is 2.79. The van der Waals surface area contributed by atoms with E-state index in [2.05, 4.69) is 46.4 Å². The van der Waals surface area contributed by atoms with Gasteiger partial charge in [0.1, 0.15) is 0 Å². The van der Waals surface area contributed by atoms with Crippen LogP contribution in [0.25, 0.3) is 33.5 Å². The minimum absolute atomic E-state index is 0.937. The van der Waals surface area contributed by atoms with E-state index in [9.17, 15) is 0 Å². The van der Waals surface area contributed by atoms with Gasteiger partial charge in [0.05, 0.1) is 35.1 Å². The van der Waals surface area contributed by atoms with E-state index in [0.29, 0.717) is 0 Å². The average molecular weight is 289 g/mol. The lowest BCUT2D eigenvalue weighted by Gasteiger charge is -2.08. The number of hydrogen-bond donors (Lipinski definition) is 1. The van der Waals surface area contributed by atoms with Gasteiger partial charge in [0.15, 0.2) is 0 Å². The molecule has 5 heteroatoms. The number of fused-ring (bicyclic) bond motifs is 1. The third-order valence-electron chi connectivity index (χ3n) is 3.91. The molecule has 0 spiro atoms. The molecule has 3 aromatic heterocycles. The predicted molar refractivity (Wildman–Crippen MR) is 86.3 cm³/mol. The average Bonchev–Trinajstić information content (AvgIpc) is 3.17. The van der Waals surface area contributed by atoms with Crippen LogP contribution in [0.5, 0.6) is 0 Å². The molecule has 0 amide bonds. The summed E-state index contributed by atoms with van der Waals surface area (Å²) in [5.74, 6) is 0. The third kappa shape index (κ3) is 1.98. The van der Waals surface area contributed by atoms with Crippen LogP contribution in [-0.4, -0.2) is 24.7 Å². The van der Waals surface area contributed by atoms with Gasteiger partial charge in [-0.1, -0.05) is 12.1 Å². The summed E-state index contributed by atoms with van der Waals surface area (Å²) in [5.41, 5.74) is 6.20. The number of hydrogen-bond acceptors (Lipinski definition) is 3. The molecule has 0 radical (unpaired) electrons. The Labute approximate surface area is 127 Å². The number of pyridine rings is 1. The SMILES string of the molecule is Cc1cc(-c2cncn2C)nc2cc(-c3ccn[nH]3)ccc12. The summed E-state index contributed by atoms with van der Waals surface area (Å²) in [6.45, 7) is 2.11. The van der Waals surface area contributed by atoms with E-state index in [1.54, 1.807) is 12.5 Å². The van der Waals surface area contributed by atoms with Gasteiger partial charge in [0.25, 0.3) is 0 Å². The lowest BCUT2D eigenvalue weighted by Crippen LogP contribution is -1.94. The first kappa shape index (κ1) is 12.8. The first-order valence-electron chi connectivity index (χ1n) is 7.10. The number of imidazole rings is 1. The van der Waals surface area contributed by atoms with Crippen LogP contribution in [-0.2, 0) is 7.05 Å². The number of H-pyrrole nitrogens is 1. The van der Waals surface area contributed by atoms with Crippen molar-refractivity contribution in [1.29, 1.82) is 0 Å². The lowest BCUT2D eigenvalue weighted by molar-refractivity contribution is 0.917. The monoisotopic (exact) mass is 289 g/mol. The van der Waals surface area contributed by atoms with E-state index < -0.39 is 0 Å². The molecule has 0 aliphatic rings. The van der Waals surface area contributed by atoms with Gasteiger partial charge >= 0.3 is 0 Å². The molecule has 0 saturated heterocycles. The number of nitrogens with one attached hydrogen (secondary N) is 1. The van der Waals surface area contributed by atoms with Gasteiger partial charge in [-0.2, -0.15) is 5.10 Å². The first-order chi connectivity index (χ1) is 10.7. The van der Waals surface area contributed by atoms with Crippen molar-refractivity contribution in [1.82, 2.24) is 24.7 Å². The van der Waals surface area contributed by atoms with Gasteiger partial charge < -0.3 is 4.57 Å². The van der Waals surface area contributed by atoms with Gasteiger partial charge in [-0.15, -0.1) is 0 Å². The summed E-state index contributed by atoms with van der Waals surface area (Å²) in [7, 11) is 1.98. The molecule has 22 heavy (non-hydrogen) atoms. The highest BCUT2D eigenvalue weighted by atomic mass is 15.1. The second kappa shape index (κ2) is 4.80. The molecule has 4 rings (SSSR count). The molecular formula is C17H15N5. The van der Waals surface area contributed by atoms with Gasteiger partial charge in [-0.25, -0.2) is 9.97 Å². The maximum Gasteiger partial charge on any atom is 0.0948 e. The molecule has 0 unspecified atom stereocenters. The van der Waals surface area contributed by atoms with Crippen molar-refractivity contribution in [2.75, 3.05) is 0 Å². The van der Waals surface area contributed by atoms with Crippen molar-refractivity contribution in [2.45, 2.75) is 6.92 Å². The molecule has 4 aromatic rings. The molecular weight excluding hydrogens is 274 g/mol. The highest BCUT2D eigenvalue weighted by Crippen LogP contribution is 2.27. The highest BCUT2D eigenvalue weighted by molar-refractivity contribution is 5.88. The zero-order valence-electron chi connectivity index (χ0n) is 12.4. The third-order valence-corrected chi connectivity index (χ3v) is 3.91. The number of nitrogens with zero attached hydrogens (tertiary/aromatic N) is 4. The molecule has 5 nitrogen and oxygen atoms in total. The maximum atomic E-state index is 4.81. The molecule has 0 aliphatic carbocycles. The van der Waals surface area contributed by atoms with Gasteiger partial charge in [-0.05, 0) is 30.7 Å². The molecule has 0 bridgehead atoms. The zero-order valence-corrected chi connectivity index (χ0v) is 12.4. The Bertz CT molecular complexity index is 951. The molecule has 3 heterocycles. The summed E-state index contributed by atoms with van der Waals surface area (Å²) in [6, 6.07) is 10.4. The Morgan fingerprint density at radius 1 is 1.14 bits per heavy atom. The second-order valence-corrected chi connectivity index (χ2v) is 5.42. The topological polar surface area (TPSA) is 59.4 Å². The fraction of sp³-hybridized carbons (Fsp3) is 0.118. The minimum Gasteiger partial charge on any atom is -0.332 e. The number of rotatable bonds is 2. The summed E-state index contributed by atoms with van der Waals surface area (Å²) in [5, 5.41) is 8.16. The standard InChI is InChI=1S/C17H15N5/c1-11-7-16(17-9-18-10-22(17)2)20-15-8-12(3-4-13(11)15)14-5-6-19-21-14/h3-10H,1-2H3,(H,19,21). The van der Waals surface area contributed by atoms with E-state index in [1.165, 1.54) is 5.56 Å². The van der Waals surface area contributed by atoms with Crippen LogP contribution in [0.1, 0.15) is 5.56 Å². The first-order valence-corrected chi connectivity index (χ1v) is 7.10. The number of benzene rings is 1. The minimum atomic E-state index is 0.937. The zero-order chi connectivity index (χ0) is 15.1. The molecule has 1 N–H and O–H groups in total. The number of aryl methyl sites for hydroxylation is 2. The molecule has 0 atom stereocenters. The smallest absolute Gasteiger partial charge is 0.0948 e. The fourth-order valence-corrected chi connectivity index (χ4v) is 2.72. The van der Waals surface area contributed by atoms with E-state index >= 15 is 0 Å². The summed E-state index contributed by atoms with van der Waals surface area (Å²) >= 11 is 0. The predicted octanol–water partition coefficient (Wildman–Crippen LogP) is 3.33. The van der Waals surface area contributed by atoms with E-state index in [-0.39, 0.29) is 0 Å². The molecule has 0 aliphatic heterocycles. The van der Waals surface area contributed by atoms with Crippen LogP contribution >= 0.6 is 0 Å². The van der Waals surface area contributed by atoms with Crippen LogP contribution < -0.4 is 0 Å². The van der Waals surface area contributed by atoms with Crippen LogP contribution in [0.2, 0.25) is 0 Å². The van der Waals surface area contributed by atoms with E-state index in [0.717, 1.165) is 33.5 Å². The molecule has 1 aromatic carbocycles. The number of aromatic amines is 1.